The SMILES string of the molecule is CCN(CC)Cc1cc(C(C)=O)cc(Cl)c1N. The molecule has 1 rings (SSSR count). The summed E-state index contributed by atoms with van der Waals surface area (Å²) in [6.45, 7) is 8.32. The smallest absolute Gasteiger partial charge is 0.159 e. The molecule has 1 aromatic carbocycles. The van der Waals surface area contributed by atoms with Crippen LogP contribution in [0, 0.1) is 0 Å². The van der Waals surface area contributed by atoms with E-state index in [0.29, 0.717) is 16.3 Å². The minimum atomic E-state index is 0.00713. The second-order valence-electron chi connectivity index (χ2n) is 4.05. The number of nitrogens with zero attached hydrogens (tertiary/aromatic N) is 1. The van der Waals surface area contributed by atoms with E-state index in [-0.39, 0.29) is 5.78 Å². The summed E-state index contributed by atoms with van der Waals surface area (Å²) in [6, 6.07) is 3.47. The topological polar surface area (TPSA) is 46.3 Å². The summed E-state index contributed by atoms with van der Waals surface area (Å²) in [4.78, 5) is 13.6. The first-order chi connectivity index (χ1) is 7.99. The molecule has 94 valence electrons. The average molecular weight is 255 g/mol. The van der Waals surface area contributed by atoms with Crippen molar-refractivity contribution in [3.63, 3.8) is 0 Å². The average Bonchev–Trinajstić information content (AvgIpc) is 2.30. The van der Waals surface area contributed by atoms with Crippen LogP contribution in [0.25, 0.3) is 0 Å². The summed E-state index contributed by atoms with van der Waals surface area (Å²) in [6.07, 6.45) is 0. The molecule has 0 amide bonds. The highest BCUT2D eigenvalue weighted by molar-refractivity contribution is 6.33. The van der Waals surface area contributed by atoms with Crippen molar-refractivity contribution in [3.8, 4) is 0 Å². The van der Waals surface area contributed by atoms with Crippen LogP contribution in [0.3, 0.4) is 0 Å². The van der Waals surface area contributed by atoms with Crippen LogP contribution < -0.4 is 5.73 Å². The molecule has 0 fully saturated rings. The van der Waals surface area contributed by atoms with Gasteiger partial charge in [-0.05, 0) is 37.7 Å². The summed E-state index contributed by atoms with van der Waals surface area (Å²) >= 11 is 6.04. The fraction of sp³-hybridized carbons (Fsp3) is 0.462. The summed E-state index contributed by atoms with van der Waals surface area (Å²) in [7, 11) is 0. The molecule has 0 radical (unpaired) electrons. The number of hydrogen-bond donors (Lipinski definition) is 1. The van der Waals surface area contributed by atoms with E-state index >= 15 is 0 Å². The van der Waals surface area contributed by atoms with Gasteiger partial charge in [0.05, 0.1) is 10.7 Å². The number of rotatable bonds is 5. The van der Waals surface area contributed by atoms with E-state index in [4.69, 9.17) is 17.3 Å². The van der Waals surface area contributed by atoms with Gasteiger partial charge in [0.2, 0.25) is 0 Å². The maximum Gasteiger partial charge on any atom is 0.159 e. The van der Waals surface area contributed by atoms with Crippen LogP contribution in [0.4, 0.5) is 5.69 Å². The van der Waals surface area contributed by atoms with Crippen LogP contribution in [0.5, 0.6) is 0 Å². The van der Waals surface area contributed by atoms with Crippen molar-refractivity contribution in [2.75, 3.05) is 18.8 Å². The van der Waals surface area contributed by atoms with Gasteiger partial charge in [0.15, 0.2) is 5.78 Å². The van der Waals surface area contributed by atoms with Gasteiger partial charge < -0.3 is 5.73 Å². The quantitative estimate of drug-likeness (QED) is 0.649. The number of halogens is 1. The van der Waals surface area contributed by atoms with E-state index in [1.54, 1.807) is 6.07 Å². The molecule has 0 saturated carbocycles. The number of nitrogens with two attached hydrogens (primary N) is 1. The number of benzene rings is 1. The van der Waals surface area contributed by atoms with Gasteiger partial charge in [-0.3, -0.25) is 9.69 Å². The summed E-state index contributed by atoms with van der Waals surface area (Å²) in [5.41, 5.74) is 8.05. The van der Waals surface area contributed by atoms with Crippen LogP contribution in [0.2, 0.25) is 5.02 Å². The van der Waals surface area contributed by atoms with Crippen molar-refractivity contribution >= 4 is 23.1 Å². The van der Waals surface area contributed by atoms with Crippen molar-refractivity contribution in [2.24, 2.45) is 0 Å². The Kier molecular flexibility index (Phi) is 4.97. The zero-order chi connectivity index (χ0) is 13.0. The molecular weight excluding hydrogens is 236 g/mol. The molecule has 4 heteroatoms. The van der Waals surface area contributed by atoms with Crippen LogP contribution in [0.1, 0.15) is 36.7 Å². The predicted octanol–water partition coefficient (Wildman–Crippen LogP) is 2.97. The van der Waals surface area contributed by atoms with E-state index in [9.17, 15) is 4.79 Å². The number of carbonyl (C=O) groups is 1. The van der Waals surface area contributed by atoms with E-state index in [1.807, 2.05) is 6.07 Å². The highest BCUT2D eigenvalue weighted by Crippen LogP contribution is 2.26. The molecule has 17 heavy (non-hydrogen) atoms. The van der Waals surface area contributed by atoms with Gasteiger partial charge >= 0.3 is 0 Å². The van der Waals surface area contributed by atoms with Gasteiger partial charge in [-0.25, -0.2) is 0 Å². The number of Topliss-reactive ketones (excluding diaryl/α,β-unsaturated/α-hetero) is 1. The molecular formula is C13H19ClN2O. The van der Waals surface area contributed by atoms with Crippen LogP contribution in [-0.2, 0) is 6.54 Å². The van der Waals surface area contributed by atoms with Gasteiger partial charge in [-0.2, -0.15) is 0 Å². The standard InChI is InChI=1S/C13H19ClN2O/c1-4-16(5-2)8-11-6-10(9(3)17)7-12(14)13(11)15/h6-7H,4-5,8,15H2,1-3H3. The molecule has 1 aromatic rings. The third kappa shape index (κ3) is 3.45. The van der Waals surface area contributed by atoms with Crippen molar-refractivity contribution in [1.82, 2.24) is 4.90 Å². The van der Waals surface area contributed by atoms with E-state index in [2.05, 4.69) is 18.7 Å². The summed E-state index contributed by atoms with van der Waals surface area (Å²) in [5.74, 6) is 0.00713. The van der Waals surface area contributed by atoms with E-state index in [0.717, 1.165) is 25.2 Å². The first-order valence-electron chi connectivity index (χ1n) is 5.80. The Labute approximate surface area is 108 Å². The van der Waals surface area contributed by atoms with E-state index < -0.39 is 0 Å². The molecule has 0 bridgehead atoms. The summed E-state index contributed by atoms with van der Waals surface area (Å²) in [5, 5.41) is 0.458. The van der Waals surface area contributed by atoms with Crippen LogP contribution >= 0.6 is 11.6 Å². The largest absolute Gasteiger partial charge is 0.397 e. The Morgan fingerprint density at radius 3 is 2.41 bits per heavy atom. The first-order valence-corrected chi connectivity index (χ1v) is 6.18. The van der Waals surface area contributed by atoms with Gasteiger partial charge in [0, 0.05) is 12.1 Å². The van der Waals surface area contributed by atoms with Gasteiger partial charge in [0.1, 0.15) is 0 Å². The molecule has 0 spiro atoms. The van der Waals surface area contributed by atoms with Crippen LogP contribution in [-0.4, -0.2) is 23.8 Å². The Hall–Kier alpha value is -1.06. The second-order valence-corrected chi connectivity index (χ2v) is 4.46. The first kappa shape index (κ1) is 14.0. The molecule has 2 N–H and O–H groups in total. The molecule has 3 nitrogen and oxygen atoms in total. The monoisotopic (exact) mass is 254 g/mol. The molecule has 0 heterocycles. The number of nitrogen functional groups attached to an aromatic ring is 1. The fourth-order valence-electron chi connectivity index (χ4n) is 1.70. The van der Waals surface area contributed by atoms with Crippen molar-refractivity contribution in [1.29, 1.82) is 0 Å². The number of ketones is 1. The maximum atomic E-state index is 11.4. The van der Waals surface area contributed by atoms with Crippen molar-refractivity contribution in [2.45, 2.75) is 27.3 Å². The number of carbonyl (C=O) groups excluding carboxylic acids is 1. The Morgan fingerprint density at radius 2 is 1.94 bits per heavy atom. The highest BCUT2D eigenvalue weighted by atomic mass is 35.5. The molecule has 0 aromatic heterocycles. The number of hydrogen-bond acceptors (Lipinski definition) is 3. The zero-order valence-corrected chi connectivity index (χ0v) is 11.3. The normalized spacial score (nSPS) is 10.9. The van der Waals surface area contributed by atoms with Gasteiger partial charge in [0.25, 0.3) is 0 Å². The minimum Gasteiger partial charge on any atom is -0.397 e. The lowest BCUT2D eigenvalue weighted by Gasteiger charge is -2.20. The molecule has 0 aliphatic rings. The Bertz CT molecular complexity index is 414. The fourth-order valence-corrected chi connectivity index (χ4v) is 1.94. The van der Waals surface area contributed by atoms with E-state index in [1.165, 1.54) is 6.92 Å². The lowest BCUT2D eigenvalue weighted by molar-refractivity contribution is 0.101. The third-order valence-electron chi connectivity index (χ3n) is 2.91. The number of anilines is 1. The molecule has 0 aliphatic carbocycles. The molecule has 0 unspecified atom stereocenters. The van der Waals surface area contributed by atoms with Crippen molar-refractivity contribution in [3.05, 3.63) is 28.3 Å². The lowest BCUT2D eigenvalue weighted by atomic mass is 10.1. The van der Waals surface area contributed by atoms with Gasteiger partial charge in [-0.1, -0.05) is 25.4 Å². The summed E-state index contributed by atoms with van der Waals surface area (Å²) < 4.78 is 0. The molecule has 0 saturated heterocycles. The molecule has 0 atom stereocenters. The van der Waals surface area contributed by atoms with Crippen LogP contribution in [0.15, 0.2) is 12.1 Å². The maximum absolute atomic E-state index is 11.4. The highest BCUT2D eigenvalue weighted by Gasteiger charge is 2.11. The molecule has 0 aliphatic heterocycles. The zero-order valence-electron chi connectivity index (χ0n) is 10.6. The minimum absolute atomic E-state index is 0.00713. The predicted molar refractivity (Wildman–Crippen MR) is 72.5 cm³/mol. The van der Waals surface area contributed by atoms with Crippen molar-refractivity contribution < 1.29 is 4.79 Å². The Balaban J connectivity index is 3.09. The second kappa shape index (κ2) is 6.03. The third-order valence-corrected chi connectivity index (χ3v) is 3.22. The lowest BCUT2D eigenvalue weighted by Crippen LogP contribution is -2.23. The Morgan fingerprint density at radius 1 is 1.35 bits per heavy atom. The van der Waals surface area contributed by atoms with Gasteiger partial charge in [-0.15, -0.1) is 0 Å².